The Kier molecular flexibility index (Phi) is 7.61. The van der Waals surface area contributed by atoms with E-state index in [1.54, 1.807) is 18.2 Å². The number of para-hydroxylation sites is 2. The molecule has 2 N–H and O–H groups in total. The average molecular weight is 355 g/mol. The van der Waals surface area contributed by atoms with E-state index in [0.29, 0.717) is 30.2 Å². The first kappa shape index (κ1) is 19.4. The second kappa shape index (κ2) is 10.2. The Labute approximate surface area is 154 Å². The van der Waals surface area contributed by atoms with Crippen LogP contribution in [0.4, 0.5) is 5.69 Å². The molecule has 0 spiro atoms. The predicted molar refractivity (Wildman–Crippen MR) is 102 cm³/mol. The van der Waals surface area contributed by atoms with Gasteiger partial charge in [0.05, 0.1) is 12.3 Å². The lowest BCUT2D eigenvalue weighted by Crippen LogP contribution is -2.26. The third kappa shape index (κ3) is 5.58. The molecule has 1 aromatic carbocycles. The number of benzene rings is 1. The Morgan fingerprint density at radius 3 is 2.65 bits per heavy atom. The second-order valence-electron chi connectivity index (χ2n) is 5.78. The standard InChI is InChI=1S/C20H25N3O3/c1-3-5-8-12-22-20(25)17-14-15(11-13-21-17)19(24)23-16-9-6-7-10-18(16)26-4-2/h6-7,9-11,13-14H,3-5,8,12H2,1-2H3,(H,22,25)(H,23,24). The van der Waals surface area contributed by atoms with E-state index >= 15 is 0 Å². The summed E-state index contributed by atoms with van der Waals surface area (Å²) in [6, 6.07) is 10.3. The third-order valence-electron chi connectivity index (χ3n) is 3.76. The first-order valence-electron chi connectivity index (χ1n) is 8.93. The molecule has 2 amide bonds. The number of pyridine rings is 1. The van der Waals surface area contributed by atoms with Crippen LogP contribution >= 0.6 is 0 Å². The van der Waals surface area contributed by atoms with Gasteiger partial charge >= 0.3 is 0 Å². The van der Waals surface area contributed by atoms with Crippen LogP contribution in [0.1, 0.15) is 54.0 Å². The second-order valence-corrected chi connectivity index (χ2v) is 5.78. The quantitative estimate of drug-likeness (QED) is 0.673. The summed E-state index contributed by atoms with van der Waals surface area (Å²) in [5.41, 5.74) is 1.18. The fraction of sp³-hybridized carbons (Fsp3) is 0.350. The molecular weight excluding hydrogens is 330 g/mol. The Hall–Kier alpha value is -2.89. The van der Waals surface area contributed by atoms with Crippen molar-refractivity contribution in [3.63, 3.8) is 0 Å². The van der Waals surface area contributed by atoms with Crippen LogP contribution in [0.3, 0.4) is 0 Å². The number of hydrogen-bond acceptors (Lipinski definition) is 4. The molecule has 2 rings (SSSR count). The SMILES string of the molecule is CCCCCNC(=O)c1cc(C(=O)Nc2ccccc2OCC)ccn1. The van der Waals surface area contributed by atoms with E-state index in [2.05, 4.69) is 22.5 Å². The van der Waals surface area contributed by atoms with Gasteiger partial charge < -0.3 is 15.4 Å². The van der Waals surface area contributed by atoms with Crippen molar-refractivity contribution in [1.82, 2.24) is 10.3 Å². The van der Waals surface area contributed by atoms with Crippen molar-refractivity contribution in [3.05, 3.63) is 53.9 Å². The molecule has 26 heavy (non-hydrogen) atoms. The first-order valence-corrected chi connectivity index (χ1v) is 8.93. The molecule has 138 valence electrons. The number of carbonyl (C=O) groups excluding carboxylic acids is 2. The predicted octanol–water partition coefficient (Wildman–Crippen LogP) is 3.65. The molecule has 0 aliphatic carbocycles. The van der Waals surface area contributed by atoms with Gasteiger partial charge in [-0.2, -0.15) is 0 Å². The number of nitrogens with zero attached hydrogens (tertiary/aromatic N) is 1. The van der Waals surface area contributed by atoms with Crippen LogP contribution in [0.25, 0.3) is 0 Å². The van der Waals surface area contributed by atoms with Gasteiger partial charge in [0.25, 0.3) is 11.8 Å². The van der Waals surface area contributed by atoms with E-state index in [1.165, 1.54) is 12.3 Å². The zero-order chi connectivity index (χ0) is 18.8. The minimum absolute atomic E-state index is 0.229. The molecule has 0 aliphatic heterocycles. The Balaban J connectivity index is 2.05. The van der Waals surface area contributed by atoms with E-state index in [1.807, 2.05) is 19.1 Å². The minimum atomic E-state index is -0.320. The lowest BCUT2D eigenvalue weighted by molar-refractivity contribution is 0.0948. The number of nitrogens with one attached hydrogen (secondary N) is 2. The van der Waals surface area contributed by atoms with Gasteiger partial charge in [-0.1, -0.05) is 31.9 Å². The summed E-state index contributed by atoms with van der Waals surface area (Å²) < 4.78 is 5.51. The van der Waals surface area contributed by atoms with Gasteiger partial charge in [0.15, 0.2) is 0 Å². The monoisotopic (exact) mass is 355 g/mol. The van der Waals surface area contributed by atoms with E-state index in [4.69, 9.17) is 4.74 Å². The van der Waals surface area contributed by atoms with Crippen molar-refractivity contribution in [2.75, 3.05) is 18.5 Å². The molecule has 0 bridgehead atoms. The molecule has 6 nitrogen and oxygen atoms in total. The minimum Gasteiger partial charge on any atom is -0.492 e. The number of hydrogen-bond donors (Lipinski definition) is 2. The van der Waals surface area contributed by atoms with Gasteiger partial charge in [-0.25, -0.2) is 0 Å². The van der Waals surface area contributed by atoms with E-state index in [9.17, 15) is 9.59 Å². The molecule has 0 aliphatic rings. The molecule has 0 unspecified atom stereocenters. The maximum atomic E-state index is 12.5. The highest BCUT2D eigenvalue weighted by Gasteiger charge is 2.13. The summed E-state index contributed by atoms with van der Waals surface area (Å²) in [4.78, 5) is 28.7. The molecule has 6 heteroatoms. The lowest BCUT2D eigenvalue weighted by atomic mass is 10.2. The molecule has 0 saturated heterocycles. The number of rotatable bonds is 9. The summed E-state index contributed by atoms with van der Waals surface area (Å²) >= 11 is 0. The topological polar surface area (TPSA) is 80.3 Å². The average Bonchev–Trinajstić information content (AvgIpc) is 2.67. The Morgan fingerprint density at radius 2 is 1.88 bits per heavy atom. The summed E-state index contributed by atoms with van der Waals surface area (Å²) in [6.07, 6.45) is 4.54. The van der Waals surface area contributed by atoms with Gasteiger partial charge in [-0.05, 0) is 37.6 Å². The van der Waals surface area contributed by atoms with E-state index in [-0.39, 0.29) is 17.5 Å². The molecular formula is C20H25N3O3. The smallest absolute Gasteiger partial charge is 0.269 e. The van der Waals surface area contributed by atoms with Crippen LogP contribution in [0.2, 0.25) is 0 Å². The zero-order valence-electron chi connectivity index (χ0n) is 15.2. The molecule has 0 radical (unpaired) electrons. The number of anilines is 1. The lowest BCUT2D eigenvalue weighted by Gasteiger charge is -2.11. The normalized spacial score (nSPS) is 10.2. The van der Waals surface area contributed by atoms with Crippen molar-refractivity contribution in [3.8, 4) is 5.75 Å². The fourth-order valence-electron chi connectivity index (χ4n) is 2.41. The zero-order valence-corrected chi connectivity index (χ0v) is 15.2. The highest BCUT2D eigenvalue weighted by Crippen LogP contribution is 2.24. The Morgan fingerprint density at radius 1 is 1.08 bits per heavy atom. The van der Waals surface area contributed by atoms with Gasteiger partial charge in [-0.15, -0.1) is 0 Å². The van der Waals surface area contributed by atoms with Crippen LogP contribution in [-0.2, 0) is 0 Å². The molecule has 2 aromatic rings. The van der Waals surface area contributed by atoms with Crippen LogP contribution in [0.5, 0.6) is 5.75 Å². The van der Waals surface area contributed by atoms with Crippen LogP contribution in [-0.4, -0.2) is 29.9 Å². The number of carbonyl (C=O) groups is 2. The van der Waals surface area contributed by atoms with Crippen molar-refractivity contribution in [1.29, 1.82) is 0 Å². The summed E-state index contributed by atoms with van der Waals surface area (Å²) in [5, 5.41) is 5.64. The third-order valence-corrected chi connectivity index (χ3v) is 3.76. The van der Waals surface area contributed by atoms with Crippen molar-refractivity contribution in [2.24, 2.45) is 0 Å². The molecule has 0 fully saturated rings. The largest absolute Gasteiger partial charge is 0.492 e. The number of ether oxygens (including phenoxy) is 1. The van der Waals surface area contributed by atoms with Crippen LogP contribution < -0.4 is 15.4 Å². The summed E-state index contributed by atoms with van der Waals surface area (Å²) in [6.45, 7) is 5.10. The van der Waals surface area contributed by atoms with Crippen LogP contribution in [0, 0.1) is 0 Å². The number of unbranched alkanes of at least 4 members (excludes halogenated alkanes) is 2. The van der Waals surface area contributed by atoms with Gasteiger partial charge in [0, 0.05) is 18.3 Å². The molecule has 1 aromatic heterocycles. The Bertz CT molecular complexity index is 747. The number of aromatic nitrogens is 1. The summed E-state index contributed by atoms with van der Waals surface area (Å²) in [7, 11) is 0. The molecule has 0 atom stereocenters. The number of amides is 2. The molecule has 0 saturated carbocycles. The fourth-order valence-corrected chi connectivity index (χ4v) is 2.41. The maximum Gasteiger partial charge on any atom is 0.269 e. The van der Waals surface area contributed by atoms with Gasteiger partial charge in [0.1, 0.15) is 11.4 Å². The molecule has 1 heterocycles. The summed E-state index contributed by atoms with van der Waals surface area (Å²) in [5.74, 6) is 0.0105. The van der Waals surface area contributed by atoms with Crippen LogP contribution in [0.15, 0.2) is 42.6 Å². The first-order chi connectivity index (χ1) is 12.7. The van der Waals surface area contributed by atoms with E-state index in [0.717, 1.165) is 19.3 Å². The van der Waals surface area contributed by atoms with Gasteiger partial charge in [0.2, 0.25) is 0 Å². The van der Waals surface area contributed by atoms with Crippen molar-refractivity contribution >= 4 is 17.5 Å². The maximum absolute atomic E-state index is 12.5. The highest BCUT2D eigenvalue weighted by molar-refractivity contribution is 6.06. The highest BCUT2D eigenvalue weighted by atomic mass is 16.5. The van der Waals surface area contributed by atoms with Crippen molar-refractivity contribution < 1.29 is 14.3 Å². The van der Waals surface area contributed by atoms with Gasteiger partial charge in [-0.3, -0.25) is 14.6 Å². The van der Waals surface area contributed by atoms with E-state index < -0.39 is 0 Å². The van der Waals surface area contributed by atoms with Crippen molar-refractivity contribution in [2.45, 2.75) is 33.1 Å².